The quantitative estimate of drug-likeness (QED) is 0.741. The molecule has 1 heterocycles. The molecule has 2 rings (SSSR count). The first-order chi connectivity index (χ1) is 9.03. The molecule has 1 fully saturated rings. The molecule has 0 spiro atoms. The van der Waals surface area contributed by atoms with E-state index >= 15 is 0 Å². The number of hydrogen-bond donors (Lipinski definition) is 0. The van der Waals surface area contributed by atoms with E-state index < -0.39 is 0 Å². The maximum absolute atomic E-state index is 11.5. The lowest BCUT2D eigenvalue weighted by Gasteiger charge is -2.37. The van der Waals surface area contributed by atoms with E-state index in [4.69, 9.17) is 0 Å². The van der Waals surface area contributed by atoms with E-state index in [1.165, 1.54) is 28.5 Å². The Labute approximate surface area is 128 Å². The van der Waals surface area contributed by atoms with Crippen LogP contribution in [0, 0.1) is 11.3 Å². The maximum Gasteiger partial charge on any atom is 0.127 e. The van der Waals surface area contributed by atoms with Crippen molar-refractivity contribution in [1.29, 1.82) is 0 Å². The predicted molar refractivity (Wildman–Crippen MR) is 84.5 cm³/mol. The molecule has 0 radical (unpaired) electrons. The average molecular weight is 344 g/mol. The van der Waals surface area contributed by atoms with Crippen molar-refractivity contribution >= 4 is 33.6 Å². The summed E-state index contributed by atoms with van der Waals surface area (Å²) in [5.41, 5.74) is 1.22. The highest BCUT2D eigenvalue weighted by atomic mass is 79.9. The lowest BCUT2D eigenvalue weighted by atomic mass is 9.71. The zero-order chi connectivity index (χ0) is 13.9. The van der Waals surface area contributed by atoms with Crippen molar-refractivity contribution in [3.8, 4) is 0 Å². The Morgan fingerprint density at radius 2 is 2.21 bits per heavy atom. The highest BCUT2D eigenvalue weighted by molar-refractivity contribution is 9.11. The maximum atomic E-state index is 11.5. The molecule has 19 heavy (non-hydrogen) atoms. The number of carbonyl (C=O) groups is 1. The van der Waals surface area contributed by atoms with Crippen LogP contribution in [0.25, 0.3) is 0 Å². The molecule has 0 atom stereocenters. The molecule has 4 heteroatoms. The van der Waals surface area contributed by atoms with Crippen molar-refractivity contribution < 1.29 is 4.79 Å². The van der Waals surface area contributed by atoms with Gasteiger partial charge >= 0.3 is 0 Å². The summed E-state index contributed by atoms with van der Waals surface area (Å²) < 4.78 is 1.17. The number of nitrogens with zero attached hydrogens (tertiary/aromatic N) is 1. The fraction of sp³-hybridized carbons (Fsp3) is 0.667. The third-order valence-corrected chi connectivity index (χ3v) is 5.73. The monoisotopic (exact) mass is 343 g/mol. The van der Waals surface area contributed by atoms with Crippen LogP contribution in [0.4, 0.5) is 0 Å². The summed E-state index contributed by atoms with van der Waals surface area (Å²) in [4.78, 5) is 13.8. The lowest BCUT2D eigenvalue weighted by molar-refractivity contribution is -0.119. The van der Waals surface area contributed by atoms with Gasteiger partial charge in [-0.25, -0.2) is 0 Å². The van der Waals surface area contributed by atoms with Gasteiger partial charge in [-0.3, -0.25) is 0 Å². The summed E-state index contributed by atoms with van der Waals surface area (Å²) in [6, 6.07) is 2.16. The van der Waals surface area contributed by atoms with Crippen LogP contribution in [0.5, 0.6) is 0 Å². The second kappa shape index (κ2) is 6.51. The molecule has 0 saturated heterocycles. The molecule has 1 aromatic rings. The van der Waals surface area contributed by atoms with Gasteiger partial charge in [0.2, 0.25) is 0 Å². The largest absolute Gasteiger partial charge is 0.303 e. The van der Waals surface area contributed by atoms with Gasteiger partial charge in [0.25, 0.3) is 0 Å². The van der Waals surface area contributed by atoms with Crippen LogP contribution in [-0.2, 0) is 11.3 Å². The summed E-state index contributed by atoms with van der Waals surface area (Å²) >= 11 is 5.21. The first-order valence-corrected chi connectivity index (χ1v) is 8.58. The van der Waals surface area contributed by atoms with Crippen LogP contribution in [0.2, 0.25) is 0 Å². The predicted octanol–water partition coefficient (Wildman–Crippen LogP) is 4.34. The zero-order valence-corrected chi connectivity index (χ0v) is 14.1. The number of carbonyl (C=O) groups excluding carboxylic acids is 1. The van der Waals surface area contributed by atoms with E-state index in [-0.39, 0.29) is 5.41 Å². The zero-order valence-electron chi connectivity index (χ0n) is 11.7. The third kappa shape index (κ3) is 4.14. The molecular weight excluding hydrogens is 322 g/mol. The van der Waals surface area contributed by atoms with Crippen molar-refractivity contribution in [2.24, 2.45) is 11.3 Å². The molecule has 1 aliphatic carbocycles. The standard InChI is InChI=1S/C15H22BrNOS/c1-12-3-5-15(11-18,6-4-12)10-17(2)8-13-7-14(16)19-9-13/h7,9,11-12H,3-6,8,10H2,1-2H3. The van der Waals surface area contributed by atoms with Gasteiger partial charge < -0.3 is 9.69 Å². The minimum atomic E-state index is -0.103. The Hall–Kier alpha value is -0.190. The fourth-order valence-electron chi connectivity index (χ4n) is 2.98. The normalized spacial score (nSPS) is 27.7. The molecule has 106 valence electrons. The van der Waals surface area contributed by atoms with Crippen molar-refractivity contribution in [3.05, 3.63) is 20.8 Å². The first kappa shape index (κ1) is 15.2. The molecule has 0 aromatic carbocycles. The Balaban J connectivity index is 1.92. The highest BCUT2D eigenvalue weighted by Gasteiger charge is 2.34. The molecule has 0 N–H and O–H groups in total. The first-order valence-electron chi connectivity index (χ1n) is 6.91. The Morgan fingerprint density at radius 1 is 1.53 bits per heavy atom. The van der Waals surface area contributed by atoms with Crippen LogP contribution in [0.3, 0.4) is 0 Å². The smallest absolute Gasteiger partial charge is 0.127 e. The minimum absolute atomic E-state index is 0.103. The van der Waals surface area contributed by atoms with Crippen molar-refractivity contribution in [3.63, 3.8) is 0 Å². The Bertz CT molecular complexity index is 424. The SMILES string of the molecule is CC1CCC(C=O)(CN(C)Cc2csc(Br)c2)CC1. The number of halogens is 1. The molecule has 1 saturated carbocycles. The molecule has 1 aromatic heterocycles. The number of hydrogen-bond acceptors (Lipinski definition) is 3. The summed E-state index contributed by atoms with van der Waals surface area (Å²) in [6.45, 7) is 4.10. The van der Waals surface area contributed by atoms with Crippen molar-refractivity contribution in [2.45, 2.75) is 39.2 Å². The lowest BCUT2D eigenvalue weighted by Crippen LogP contribution is -2.39. The molecule has 0 amide bonds. The minimum Gasteiger partial charge on any atom is -0.303 e. The van der Waals surface area contributed by atoms with Gasteiger partial charge in [-0.15, -0.1) is 11.3 Å². The van der Waals surface area contributed by atoms with E-state index in [9.17, 15) is 4.79 Å². The molecule has 2 nitrogen and oxygen atoms in total. The van der Waals surface area contributed by atoms with Gasteiger partial charge in [0.1, 0.15) is 6.29 Å². The van der Waals surface area contributed by atoms with Crippen LogP contribution in [-0.4, -0.2) is 24.8 Å². The van der Waals surface area contributed by atoms with Crippen molar-refractivity contribution in [1.82, 2.24) is 4.90 Å². The summed E-state index contributed by atoms with van der Waals surface area (Å²) in [5.74, 6) is 0.784. The second-order valence-corrected chi connectivity index (χ2v) is 8.38. The summed E-state index contributed by atoms with van der Waals surface area (Å²) in [6.07, 6.45) is 5.71. The number of aldehydes is 1. The second-order valence-electron chi connectivity index (χ2n) is 6.09. The average Bonchev–Trinajstić information content (AvgIpc) is 2.78. The van der Waals surface area contributed by atoms with E-state index in [1.54, 1.807) is 11.3 Å². The van der Waals surface area contributed by atoms with E-state index in [1.807, 2.05) is 0 Å². The Morgan fingerprint density at radius 3 is 2.74 bits per heavy atom. The van der Waals surface area contributed by atoms with Gasteiger partial charge in [0.15, 0.2) is 0 Å². The molecule has 1 aliphatic rings. The topological polar surface area (TPSA) is 20.3 Å². The fourth-order valence-corrected chi connectivity index (χ4v) is 4.18. The van der Waals surface area contributed by atoms with Gasteiger partial charge in [-0.1, -0.05) is 6.92 Å². The van der Waals surface area contributed by atoms with Crippen LogP contribution in [0.1, 0.15) is 38.2 Å². The van der Waals surface area contributed by atoms with Gasteiger partial charge in [-0.05, 0) is 71.6 Å². The summed E-state index contributed by atoms with van der Waals surface area (Å²) in [7, 11) is 2.12. The van der Waals surface area contributed by atoms with E-state index in [0.29, 0.717) is 0 Å². The summed E-state index contributed by atoms with van der Waals surface area (Å²) in [5, 5.41) is 2.18. The van der Waals surface area contributed by atoms with E-state index in [2.05, 4.69) is 46.2 Å². The van der Waals surface area contributed by atoms with Crippen LogP contribution in [0.15, 0.2) is 15.2 Å². The van der Waals surface area contributed by atoms with Gasteiger partial charge in [0, 0.05) is 18.5 Å². The number of rotatable bonds is 5. The van der Waals surface area contributed by atoms with Crippen molar-refractivity contribution in [2.75, 3.05) is 13.6 Å². The van der Waals surface area contributed by atoms with Crippen LogP contribution < -0.4 is 0 Å². The Kier molecular flexibility index (Phi) is 5.21. The molecule has 0 unspecified atom stereocenters. The van der Waals surface area contributed by atoms with Crippen LogP contribution >= 0.6 is 27.3 Å². The van der Waals surface area contributed by atoms with Gasteiger partial charge in [0.05, 0.1) is 3.79 Å². The molecular formula is C15H22BrNOS. The van der Waals surface area contributed by atoms with Gasteiger partial charge in [-0.2, -0.15) is 0 Å². The van der Waals surface area contributed by atoms with E-state index in [0.717, 1.165) is 31.8 Å². The highest BCUT2D eigenvalue weighted by Crippen LogP contribution is 2.38. The third-order valence-electron chi connectivity index (χ3n) is 4.18. The molecule has 0 bridgehead atoms. The number of thiophene rings is 1. The molecule has 0 aliphatic heterocycles.